The van der Waals surface area contributed by atoms with Crippen LogP contribution in [0, 0.1) is 0 Å². The Bertz CT molecular complexity index is 392. The van der Waals surface area contributed by atoms with Gasteiger partial charge in [-0.2, -0.15) is 0 Å². The summed E-state index contributed by atoms with van der Waals surface area (Å²) in [5.74, 6) is -0.971. The fraction of sp³-hybridized carbons (Fsp3) is 0.538. The highest BCUT2D eigenvalue weighted by Crippen LogP contribution is 2.23. The van der Waals surface area contributed by atoms with Crippen molar-refractivity contribution in [2.24, 2.45) is 0 Å². The molecule has 2 N–H and O–H groups in total. The van der Waals surface area contributed by atoms with E-state index in [2.05, 4.69) is 18.8 Å². The first-order chi connectivity index (χ1) is 8.65. The third-order valence-corrected chi connectivity index (χ3v) is 3.06. The summed E-state index contributed by atoms with van der Waals surface area (Å²) in [7, 11) is 0. The molecule has 0 aliphatic heterocycles. The van der Waals surface area contributed by atoms with Crippen LogP contribution in [-0.2, 0) is 0 Å². The number of aliphatic hydroxyl groups is 1. The minimum absolute atomic E-state index is 0.00947. The van der Waals surface area contributed by atoms with Crippen molar-refractivity contribution in [3.05, 3.63) is 24.0 Å². The SMILES string of the molecule is CCC(CC)N(CCO)c1cnccc1C(=O)O. The Labute approximate surface area is 107 Å². The number of hydrogen-bond acceptors (Lipinski definition) is 4. The molecule has 1 heterocycles. The molecule has 0 aliphatic carbocycles. The number of nitrogens with zero attached hydrogens (tertiary/aromatic N) is 2. The van der Waals surface area contributed by atoms with Crippen molar-refractivity contribution in [2.75, 3.05) is 18.1 Å². The van der Waals surface area contributed by atoms with Crippen LogP contribution < -0.4 is 4.90 Å². The molecule has 1 aromatic rings. The average Bonchev–Trinajstić information content (AvgIpc) is 2.39. The molecular formula is C13H20N2O3. The van der Waals surface area contributed by atoms with Gasteiger partial charge in [0.15, 0.2) is 0 Å². The first kappa shape index (κ1) is 14.4. The van der Waals surface area contributed by atoms with E-state index in [1.165, 1.54) is 12.3 Å². The average molecular weight is 252 g/mol. The number of aromatic nitrogens is 1. The van der Waals surface area contributed by atoms with E-state index in [4.69, 9.17) is 5.11 Å². The van der Waals surface area contributed by atoms with Crippen molar-refractivity contribution in [3.63, 3.8) is 0 Å². The van der Waals surface area contributed by atoms with E-state index in [9.17, 15) is 9.90 Å². The highest BCUT2D eigenvalue weighted by molar-refractivity contribution is 5.94. The summed E-state index contributed by atoms with van der Waals surface area (Å²) >= 11 is 0. The van der Waals surface area contributed by atoms with Gasteiger partial charge in [-0.05, 0) is 18.9 Å². The summed E-state index contributed by atoms with van der Waals surface area (Å²) in [6.07, 6.45) is 4.81. The van der Waals surface area contributed by atoms with Crippen LogP contribution in [0.4, 0.5) is 5.69 Å². The molecule has 0 spiro atoms. The largest absolute Gasteiger partial charge is 0.478 e. The summed E-state index contributed by atoms with van der Waals surface area (Å²) in [5, 5.41) is 18.4. The Morgan fingerprint density at radius 3 is 2.61 bits per heavy atom. The Morgan fingerprint density at radius 1 is 1.44 bits per heavy atom. The molecule has 0 saturated carbocycles. The Balaban J connectivity index is 3.16. The molecule has 0 atom stereocenters. The lowest BCUT2D eigenvalue weighted by atomic mass is 10.1. The fourth-order valence-corrected chi connectivity index (χ4v) is 2.13. The smallest absolute Gasteiger partial charge is 0.337 e. The highest BCUT2D eigenvalue weighted by Gasteiger charge is 2.20. The van der Waals surface area contributed by atoms with Gasteiger partial charge in [-0.3, -0.25) is 4.98 Å². The van der Waals surface area contributed by atoms with Crippen LogP contribution in [0.3, 0.4) is 0 Å². The Morgan fingerprint density at radius 2 is 2.11 bits per heavy atom. The van der Waals surface area contributed by atoms with Crippen LogP contribution in [0.2, 0.25) is 0 Å². The molecule has 0 fully saturated rings. The molecule has 18 heavy (non-hydrogen) atoms. The predicted octanol–water partition coefficient (Wildman–Crippen LogP) is 1.77. The standard InChI is InChI=1S/C13H20N2O3/c1-3-10(4-2)15(7-8-16)12-9-14-6-5-11(12)13(17)18/h5-6,9-10,16H,3-4,7-8H2,1-2H3,(H,17,18). The molecule has 0 radical (unpaired) electrons. The van der Waals surface area contributed by atoms with Crippen molar-refractivity contribution >= 4 is 11.7 Å². The Kier molecular flexibility index (Phi) is 5.58. The number of rotatable bonds is 7. The van der Waals surface area contributed by atoms with E-state index in [1.54, 1.807) is 6.20 Å². The lowest BCUT2D eigenvalue weighted by molar-refractivity contribution is 0.0697. The van der Waals surface area contributed by atoms with E-state index in [1.807, 2.05) is 4.90 Å². The van der Waals surface area contributed by atoms with E-state index in [0.717, 1.165) is 12.8 Å². The van der Waals surface area contributed by atoms with E-state index in [0.29, 0.717) is 12.2 Å². The molecule has 0 aliphatic rings. The second-order valence-electron chi connectivity index (χ2n) is 4.09. The lowest BCUT2D eigenvalue weighted by Crippen LogP contribution is -2.37. The van der Waals surface area contributed by atoms with Gasteiger partial charge in [0, 0.05) is 18.8 Å². The number of carbonyl (C=O) groups is 1. The zero-order chi connectivity index (χ0) is 13.5. The number of aliphatic hydroxyl groups excluding tert-OH is 1. The number of carboxylic acids is 1. The van der Waals surface area contributed by atoms with Crippen molar-refractivity contribution < 1.29 is 15.0 Å². The summed E-state index contributed by atoms with van der Waals surface area (Å²) in [6, 6.07) is 1.70. The molecule has 1 aromatic heterocycles. The Hall–Kier alpha value is -1.62. The molecule has 0 aromatic carbocycles. The van der Waals surface area contributed by atoms with Gasteiger partial charge in [0.05, 0.1) is 24.1 Å². The molecular weight excluding hydrogens is 232 g/mol. The maximum Gasteiger partial charge on any atom is 0.337 e. The van der Waals surface area contributed by atoms with Crippen molar-refractivity contribution in [3.8, 4) is 0 Å². The fourth-order valence-electron chi connectivity index (χ4n) is 2.13. The molecule has 5 nitrogen and oxygen atoms in total. The highest BCUT2D eigenvalue weighted by atomic mass is 16.4. The molecule has 0 unspecified atom stereocenters. The summed E-state index contributed by atoms with van der Waals surface area (Å²) in [6.45, 7) is 4.51. The zero-order valence-corrected chi connectivity index (χ0v) is 10.8. The monoisotopic (exact) mass is 252 g/mol. The van der Waals surface area contributed by atoms with Crippen LogP contribution in [0.25, 0.3) is 0 Å². The van der Waals surface area contributed by atoms with Gasteiger partial charge in [-0.15, -0.1) is 0 Å². The third-order valence-electron chi connectivity index (χ3n) is 3.06. The van der Waals surface area contributed by atoms with Crippen LogP contribution in [0.15, 0.2) is 18.5 Å². The van der Waals surface area contributed by atoms with Gasteiger partial charge >= 0.3 is 5.97 Å². The third kappa shape index (κ3) is 3.20. The van der Waals surface area contributed by atoms with E-state index >= 15 is 0 Å². The van der Waals surface area contributed by atoms with Gasteiger partial charge in [0.2, 0.25) is 0 Å². The predicted molar refractivity (Wildman–Crippen MR) is 70.0 cm³/mol. The second-order valence-corrected chi connectivity index (χ2v) is 4.09. The number of carboxylic acid groups (broad SMARTS) is 1. The van der Waals surface area contributed by atoms with Crippen LogP contribution in [0.5, 0.6) is 0 Å². The molecule has 1 rings (SSSR count). The van der Waals surface area contributed by atoms with Crippen molar-refractivity contribution in [2.45, 2.75) is 32.7 Å². The first-order valence-electron chi connectivity index (χ1n) is 6.20. The van der Waals surface area contributed by atoms with Gasteiger partial charge in [-0.25, -0.2) is 4.79 Å². The molecule has 0 bridgehead atoms. The quantitative estimate of drug-likeness (QED) is 0.773. The van der Waals surface area contributed by atoms with Crippen molar-refractivity contribution in [1.29, 1.82) is 0 Å². The lowest BCUT2D eigenvalue weighted by Gasteiger charge is -2.32. The van der Waals surface area contributed by atoms with Gasteiger partial charge < -0.3 is 15.1 Å². The molecule has 5 heteroatoms. The minimum Gasteiger partial charge on any atom is -0.478 e. The summed E-state index contributed by atoms with van der Waals surface area (Å²) in [5.41, 5.74) is 0.804. The maximum atomic E-state index is 11.2. The maximum absolute atomic E-state index is 11.2. The second kappa shape index (κ2) is 6.96. The molecule has 0 amide bonds. The molecule has 0 saturated heterocycles. The van der Waals surface area contributed by atoms with Crippen LogP contribution >= 0.6 is 0 Å². The zero-order valence-electron chi connectivity index (χ0n) is 10.8. The topological polar surface area (TPSA) is 73.7 Å². The number of hydrogen-bond donors (Lipinski definition) is 2. The van der Waals surface area contributed by atoms with Gasteiger partial charge in [0.1, 0.15) is 0 Å². The first-order valence-corrected chi connectivity index (χ1v) is 6.20. The minimum atomic E-state index is -0.971. The van der Waals surface area contributed by atoms with Crippen molar-refractivity contribution in [1.82, 2.24) is 4.98 Å². The number of anilines is 1. The van der Waals surface area contributed by atoms with Gasteiger partial charge in [-0.1, -0.05) is 13.8 Å². The van der Waals surface area contributed by atoms with Crippen LogP contribution in [0.1, 0.15) is 37.0 Å². The normalized spacial score (nSPS) is 10.7. The number of aromatic carboxylic acids is 1. The summed E-state index contributed by atoms with van der Waals surface area (Å²) < 4.78 is 0. The van der Waals surface area contributed by atoms with Crippen LogP contribution in [-0.4, -0.2) is 40.4 Å². The molecule has 100 valence electrons. The van der Waals surface area contributed by atoms with E-state index in [-0.39, 0.29) is 18.2 Å². The summed E-state index contributed by atoms with van der Waals surface area (Å²) in [4.78, 5) is 17.1. The number of pyridine rings is 1. The van der Waals surface area contributed by atoms with E-state index < -0.39 is 5.97 Å². The van der Waals surface area contributed by atoms with Gasteiger partial charge in [0.25, 0.3) is 0 Å².